The molecule has 3 saturated carbocycles. The van der Waals surface area contributed by atoms with Crippen LogP contribution in [0, 0.1) is 52.3 Å². The largest absolute Gasteiger partial charge is 0.327 e. The third-order valence-electron chi connectivity index (χ3n) is 11.4. The van der Waals surface area contributed by atoms with Crippen LogP contribution >= 0.6 is 0 Å². The van der Waals surface area contributed by atoms with Gasteiger partial charge in [-0.1, -0.05) is 66.0 Å². The molecule has 172 valence electrons. The first kappa shape index (κ1) is 22.9. The molecular weight excluding hydrogens is 362 g/mol. The van der Waals surface area contributed by atoms with Gasteiger partial charge in [0.05, 0.1) is 0 Å². The minimum atomic E-state index is 0.421. The molecule has 3 fully saturated rings. The van der Waals surface area contributed by atoms with Crippen LogP contribution in [0.4, 0.5) is 0 Å². The summed E-state index contributed by atoms with van der Waals surface area (Å²) in [7, 11) is 0. The lowest BCUT2D eigenvalue weighted by molar-refractivity contribution is -0.0511. The molecule has 0 radical (unpaired) electrons. The van der Waals surface area contributed by atoms with E-state index in [0.29, 0.717) is 16.9 Å². The highest BCUT2D eigenvalue weighted by atomic mass is 14.7. The van der Waals surface area contributed by atoms with E-state index in [1.807, 2.05) is 0 Å². The van der Waals surface area contributed by atoms with E-state index in [4.69, 9.17) is 5.73 Å². The van der Waals surface area contributed by atoms with Crippen LogP contribution in [0.2, 0.25) is 0 Å². The highest BCUT2D eigenvalue weighted by Crippen LogP contribution is 2.67. The van der Waals surface area contributed by atoms with Gasteiger partial charge in [-0.2, -0.15) is 0 Å². The summed E-state index contributed by atoms with van der Waals surface area (Å²) < 4.78 is 0. The Bertz CT molecular complexity index is 634. The van der Waals surface area contributed by atoms with Gasteiger partial charge in [-0.15, -0.1) is 0 Å². The maximum atomic E-state index is 6.36. The molecule has 0 saturated heterocycles. The highest BCUT2D eigenvalue weighted by molar-refractivity contribution is 5.25. The van der Waals surface area contributed by atoms with Gasteiger partial charge in [0.2, 0.25) is 0 Å². The Morgan fingerprint density at radius 2 is 1.77 bits per heavy atom. The molecule has 0 bridgehead atoms. The summed E-state index contributed by atoms with van der Waals surface area (Å²) in [6.45, 7) is 15.2. The third kappa shape index (κ3) is 3.74. The molecule has 0 amide bonds. The molecule has 6 unspecified atom stereocenters. The zero-order valence-corrected chi connectivity index (χ0v) is 21.1. The minimum absolute atomic E-state index is 0.421. The van der Waals surface area contributed by atoms with Crippen LogP contribution in [0.3, 0.4) is 0 Å². The lowest BCUT2D eigenvalue weighted by Gasteiger charge is -2.58. The predicted octanol–water partition coefficient (Wildman–Crippen LogP) is 7.99. The molecule has 0 spiro atoms. The minimum Gasteiger partial charge on any atom is -0.327 e. The Balaban J connectivity index is 1.47. The number of hydrogen-bond donors (Lipinski definition) is 1. The first-order valence-electron chi connectivity index (χ1n) is 13.7. The fourth-order valence-electron chi connectivity index (χ4n) is 9.35. The van der Waals surface area contributed by atoms with E-state index in [-0.39, 0.29) is 0 Å². The van der Waals surface area contributed by atoms with E-state index in [9.17, 15) is 0 Å². The van der Waals surface area contributed by atoms with Gasteiger partial charge in [0.15, 0.2) is 0 Å². The molecular formula is C29H51N. The first-order valence-corrected chi connectivity index (χ1v) is 13.7. The maximum absolute atomic E-state index is 6.36. The average Bonchev–Trinajstić information content (AvgIpc) is 3.06. The summed E-state index contributed by atoms with van der Waals surface area (Å²) in [5.41, 5.74) is 9.18. The maximum Gasteiger partial charge on any atom is 0.00766 e. The normalized spacial score (nSPS) is 45.3. The molecule has 0 aliphatic heterocycles. The summed E-state index contributed by atoms with van der Waals surface area (Å²) in [4.78, 5) is 0. The van der Waals surface area contributed by atoms with Crippen molar-refractivity contribution >= 4 is 0 Å². The lowest BCUT2D eigenvalue weighted by Crippen LogP contribution is -2.51. The fraction of sp³-hybridized carbons (Fsp3) is 0.931. The third-order valence-corrected chi connectivity index (χ3v) is 11.4. The van der Waals surface area contributed by atoms with E-state index < -0.39 is 0 Å². The van der Waals surface area contributed by atoms with Gasteiger partial charge in [-0.25, -0.2) is 0 Å². The zero-order valence-electron chi connectivity index (χ0n) is 21.1. The van der Waals surface area contributed by atoms with Crippen LogP contribution in [0.25, 0.3) is 0 Å². The lowest BCUT2D eigenvalue weighted by atomic mass is 9.47. The van der Waals surface area contributed by atoms with Gasteiger partial charge in [-0.05, 0) is 110 Å². The summed E-state index contributed by atoms with van der Waals surface area (Å²) >= 11 is 0. The molecule has 30 heavy (non-hydrogen) atoms. The Hall–Kier alpha value is -0.300. The van der Waals surface area contributed by atoms with Crippen molar-refractivity contribution in [1.82, 2.24) is 0 Å². The first-order chi connectivity index (χ1) is 14.2. The van der Waals surface area contributed by atoms with Gasteiger partial charge in [0.1, 0.15) is 0 Å². The van der Waals surface area contributed by atoms with Crippen molar-refractivity contribution in [1.29, 1.82) is 0 Å². The smallest absolute Gasteiger partial charge is 0.00766 e. The van der Waals surface area contributed by atoms with Crippen molar-refractivity contribution in [2.24, 2.45) is 58.0 Å². The number of nitrogens with two attached hydrogens (primary N) is 1. The summed E-state index contributed by atoms with van der Waals surface area (Å²) in [5, 5.41) is 0. The molecule has 9 atom stereocenters. The SMILES string of the molecule is CCC(CCC(C)C1CCC2C3CC=C4C[C@@H](N)CC[C@]4(C)C3CC[C@]12C)C(C)C. The van der Waals surface area contributed by atoms with Gasteiger partial charge < -0.3 is 5.73 Å². The second-order valence-corrected chi connectivity index (χ2v) is 13.0. The van der Waals surface area contributed by atoms with Crippen LogP contribution in [0.15, 0.2) is 11.6 Å². The van der Waals surface area contributed by atoms with Gasteiger partial charge in [-0.3, -0.25) is 0 Å². The Morgan fingerprint density at radius 1 is 1.00 bits per heavy atom. The van der Waals surface area contributed by atoms with E-state index in [2.05, 4.69) is 47.6 Å². The van der Waals surface area contributed by atoms with Crippen molar-refractivity contribution in [3.8, 4) is 0 Å². The molecule has 0 aromatic rings. The Morgan fingerprint density at radius 3 is 2.47 bits per heavy atom. The summed E-state index contributed by atoms with van der Waals surface area (Å²) in [5.74, 6) is 6.49. The molecule has 0 aromatic carbocycles. The van der Waals surface area contributed by atoms with Gasteiger partial charge in [0, 0.05) is 6.04 Å². The molecule has 0 aromatic heterocycles. The predicted molar refractivity (Wildman–Crippen MR) is 130 cm³/mol. The quantitative estimate of drug-likeness (QED) is 0.439. The topological polar surface area (TPSA) is 26.0 Å². The van der Waals surface area contributed by atoms with Crippen LogP contribution in [-0.4, -0.2) is 6.04 Å². The van der Waals surface area contributed by atoms with Gasteiger partial charge >= 0.3 is 0 Å². The Labute approximate surface area is 188 Å². The van der Waals surface area contributed by atoms with E-state index in [1.165, 1.54) is 70.6 Å². The number of allylic oxidation sites excluding steroid dienone is 1. The van der Waals surface area contributed by atoms with Crippen LogP contribution in [0.5, 0.6) is 0 Å². The van der Waals surface area contributed by atoms with Crippen LogP contribution in [0.1, 0.15) is 112 Å². The second kappa shape index (κ2) is 8.57. The number of rotatable bonds is 6. The molecule has 4 aliphatic carbocycles. The van der Waals surface area contributed by atoms with E-state index in [0.717, 1.165) is 41.4 Å². The number of hydrogen-bond acceptors (Lipinski definition) is 1. The van der Waals surface area contributed by atoms with Crippen molar-refractivity contribution in [2.45, 2.75) is 118 Å². The van der Waals surface area contributed by atoms with Gasteiger partial charge in [0.25, 0.3) is 0 Å². The van der Waals surface area contributed by atoms with Crippen LogP contribution in [-0.2, 0) is 0 Å². The highest BCUT2D eigenvalue weighted by Gasteiger charge is 2.58. The second-order valence-electron chi connectivity index (χ2n) is 13.0. The molecule has 1 heteroatoms. The van der Waals surface area contributed by atoms with E-state index in [1.54, 1.807) is 5.57 Å². The fourth-order valence-corrected chi connectivity index (χ4v) is 9.35. The molecule has 2 N–H and O–H groups in total. The van der Waals surface area contributed by atoms with E-state index >= 15 is 0 Å². The standard InChI is InChI=1S/C29H51N/c1-7-21(19(2)3)9-8-20(4)25-12-13-26-24-11-10-22-18-23(30)14-16-28(22,5)27(24)15-17-29(25,26)6/h10,19-21,23-27H,7-9,11-18,30H2,1-6H3/t20?,21?,23-,24?,25?,26?,27?,28-,29+/m0/s1. The Kier molecular flexibility index (Phi) is 6.53. The van der Waals surface area contributed by atoms with Crippen molar-refractivity contribution in [3.63, 3.8) is 0 Å². The summed E-state index contributed by atoms with van der Waals surface area (Å²) in [6, 6.07) is 0.421. The average molecular weight is 414 g/mol. The molecule has 4 rings (SSSR count). The number of fused-ring (bicyclic) bond motifs is 5. The van der Waals surface area contributed by atoms with Crippen LogP contribution < -0.4 is 5.73 Å². The molecule has 4 aliphatic rings. The monoisotopic (exact) mass is 413 g/mol. The summed E-state index contributed by atoms with van der Waals surface area (Å²) in [6.07, 6.45) is 18.0. The zero-order chi connectivity index (χ0) is 21.7. The molecule has 0 heterocycles. The van der Waals surface area contributed by atoms with Crippen molar-refractivity contribution in [3.05, 3.63) is 11.6 Å². The molecule has 1 nitrogen and oxygen atoms in total. The van der Waals surface area contributed by atoms with Crippen molar-refractivity contribution in [2.75, 3.05) is 0 Å². The van der Waals surface area contributed by atoms with Crippen molar-refractivity contribution < 1.29 is 0 Å².